The molecule has 1 aromatic carbocycles. The van der Waals surface area contributed by atoms with Crippen LogP contribution in [0.25, 0.3) is 0 Å². The molecule has 0 bridgehead atoms. The Morgan fingerprint density at radius 2 is 2.17 bits per heavy atom. The van der Waals surface area contributed by atoms with Crippen LogP contribution in [0, 0.1) is 5.82 Å². The zero-order valence-corrected chi connectivity index (χ0v) is 24.0. The summed E-state index contributed by atoms with van der Waals surface area (Å²) in [4.78, 5) is 35.7. The maximum Gasteiger partial charge on any atom is 0.338 e. The molecule has 216 valence electrons. The first kappa shape index (κ1) is 30.1. The molecule has 10 nitrogen and oxygen atoms in total. The quantitative estimate of drug-likeness (QED) is 0.374. The predicted molar refractivity (Wildman–Crippen MR) is 148 cm³/mol. The number of carbonyl (C=O) groups is 2. The van der Waals surface area contributed by atoms with Crippen LogP contribution in [0.4, 0.5) is 4.39 Å². The van der Waals surface area contributed by atoms with Crippen molar-refractivity contribution in [1.82, 2.24) is 15.2 Å². The molecule has 2 aliphatic heterocycles. The van der Waals surface area contributed by atoms with Crippen LogP contribution in [0.15, 0.2) is 46.0 Å². The smallest absolute Gasteiger partial charge is 0.338 e. The van der Waals surface area contributed by atoms with E-state index in [0.29, 0.717) is 54.7 Å². The van der Waals surface area contributed by atoms with Crippen LogP contribution in [0.1, 0.15) is 43.3 Å². The number of morpholine rings is 1. The van der Waals surface area contributed by atoms with Crippen LogP contribution in [0.3, 0.4) is 0 Å². The van der Waals surface area contributed by atoms with Crippen LogP contribution < -0.4 is 5.32 Å². The molecular formula is C27H32ClFN4O6S. The van der Waals surface area contributed by atoms with E-state index >= 15 is 0 Å². The van der Waals surface area contributed by atoms with Crippen molar-refractivity contribution in [2.24, 2.45) is 4.99 Å². The summed E-state index contributed by atoms with van der Waals surface area (Å²) in [5, 5.41) is 15.0. The molecule has 2 aliphatic rings. The monoisotopic (exact) mass is 594 g/mol. The number of thiazole rings is 1. The average Bonchev–Trinajstić information content (AvgIpc) is 3.47. The number of aromatic nitrogens is 1. The minimum atomic E-state index is -1.03. The summed E-state index contributed by atoms with van der Waals surface area (Å²) >= 11 is 7.84. The van der Waals surface area contributed by atoms with Crippen LogP contribution >= 0.6 is 22.9 Å². The van der Waals surface area contributed by atoms with E-state index in [9.17, 15) is 14.0 Å². The number of halogens is 2. The molecule has 13 heteroatoms. The van der Waals surface area contributed by atoms with Crippen LogP contribution in [-0.4, -0.2) is 84.4 Å². The second-order valence-electron chi connectivity index (χ2n) is 9.58. The maximum absolute atomic E-state index is 13.9. The number of amidine groups is 1. The summed E-state index contributed by atoms with van der Waals surface area (Å²) in [6, 6.07) is 2.97. The summed E-state index contributed by atoms with van der Waals surface area (Å²) in [5.74, 6) is -1.67. The standard InChI is InChI=1S/C27H32ClFN4O6S/c1-4-18(39-14-22(34)35)10-17-13-38-12-15(2)33(17)11-21-23(27(36)37-3)24(19-6-5-16(29)9-20(19)28)32-25(31-21)26-30-7-8-40-26/h5-9,15,17-18,24H,4,10-14H2,1-3H3,(H,31,32)(H,34,35)/t15-,17+,18?,24-/m0/s1. The SMILES string of the molecule is CCC(C[C@@H]1COC[C@H](C)N1CC1=C(C(=O)OC)[C@H](c2ccc(F)cc2Cl)N=C(c2nccs2)N1)OCC(=O)O. The first-order valence-electron chi connectivity index (χ1n) is 12.9. The second-order valence-corrected chi connectivity index (χ2v) is 10.9. The lowest BCUT2D eigenvalue weighted by atomic mass is 9.94. The Morgan fingerprint density at radius 1 is 1.38 bits per heavy atom. The number of rotatable bonds is 11. The zero-order valence-electron chi connectivity index (χ0n) is 22.4. The number of benzene rings is 1. The highest BCUT2D eigenvalue weighted by atomic mass is 35.5. The average molecular weight is 595 g/mol. The molecule has 0 amide bonds. The van der Waals surface area contributed by atoms with Crippen LogP contribution in [0.2, 0.25) is 5.02 Å². The van der Waals surface area contributed by atoms with Crippen molar-refractivity contribution in [3.63, 3.8) is 0 Å². The number of ether oxygens (including phenoxy) is 3. The number of carboxylic acid groups (broad SMARTS) is 1. The molecule has 1 aromatic heterocycles. The molecule has 0 spiro atoms. The van der Waals surface area contributed by atoms with E-state index in [0.717, 1.165) is 0 Å². The molecule has 4 atom stereocenters. The number of hydrogen-bond acceptors (Lipinski definition) is 10. The molecule has 40 heavy (non-hydrogen) atoms. The molecule has 1 saturated heterocycles. The van der Waals surface area contributed by atoms with Crippen molar-refractivity contribution in [2.75, 3.05) is 33.5 Å². The third-order valence-electron chi connectivity index (χ3n) is 6.90. The number of esters is 1. The van der Waals surface area contributed by atoms with Gasteiger partial charge in [-0.25, -0.2) is 19.0 Å². The Balaban J connectivity index is 1.74. The molecule has 1 unspecified atom stereocenters. The van der Waals surface area contributed by atoms with Gasteiger partial charge in [0.2, 0.25) is 0 Å². The van der Waals surface area contributed by atoms with E-state index in [2.05, 4.69) is 15.2 Å². The highest BCUT2D eigenvalue weighted by Crippen LogP contribution is 2.37. The third kappa shape index (κ3) is 7.05. The van der Waals surface area contributed by atoms with Gasteiger partial charge in [-0.2, -0.15) is 0 Å². The maximum atomic E-state index is 13.9. The zero-order chi connectivity index (χ0) is 28.8. The Kier molecular flexibility index (Phi) is 10.3. The highest BCUT2D eigenvalue weighted by molar-refractivity contribution is 7.11. The molecule has 0 radical (unpaired) electrons. The van der Waals surface area contributed by atoms with Crippen molar-refractivity contribution >= 4 is 40.7 Å². The molecule has 2 aromatic rings. The van der Waals surface area contributed by atoms with Gasteiger partial charge in [0.1, 0.15) is 18.5 Å². The summed E-state index contributed by atoms with van der Waals surface area (Å²) < 4.78 is 30.6. The lowest BCUT2D eigenvalue weighted by Gasteiger charge is -2.43. The number of methoxy groups -OCH3 is 1. The van der Waals surface area contributed by atoms with Gasteiger partial charge in [0, 0.05) is 46.5 Å². The van der Waals surface area contributed by atoms with Gasteiger partial charge in [0.15, 0.2) is 10.8 Å². The first-order valence-corrected chi connectivity index (χ1v) is 14.1. The lowest BCUT2D eigenvalue weighted by Crippen LogP contribution is -2.54. The van der Waals surface area contributed by atoms with Gasteiger partial charge < -0.3 is 24.6 Å². The van der Waals surface area contributed by atoms with Gasteiger partial charge in [-0.15, -0.1) is 11.3 Å². The van der Waals surface area contributed by atoms with Crippen molar-refractivity contribution in [2.45, 2.75) is 50.9 Å². The first-order chi connectivity index (χ1) is 19.2. The number of carbonyl (C=O) groups excluding carboxylic acids is 1. The largest absolute Gasteiger partial charge is 0.480 e. The topological polar surface area (TPSA) is 123 Å². The minimum absolute atomic E-state index is 0.0287. The van der Waals surface area contributed by atoms with Gasteiger partial charge in [0.25, 0.3) is 0 Å². The Labute approximate surface area is 240 Å². The number of hydrogen-bond donors (Lipinski definition) is 2. The third-order valence-corrected chi connectivity index (χ3v) is 8.01. The minimum Gasteiger partial charge on any atom is -0.480 e. The van der Waals surface area contributed by atoms with Crippen molar-refractivity contribution in [3.8, 4) is 0 Å². The van der Waals surface area contributed by atoms with Crippen molar-refractivity contribution < 1.29 is 33.3 Å². The van der Waals surface area contributed by atoms with Gasteiger partial charge in [-0.3, -0.25) is 9.89 Å². The lowest BCUT2D eigenvalue weighted by molar-refractivity contribution is -0.145. The fourth-order valence-electron chi connectivity index (χ4n) is 4.91. The number of nitrogens with one attached hydrogen (secondary N) is 1. The van der Waals surface area contributed by atoms with Crippen LogP contribution in [-0.2, 0) is 23.8 Å². The van der Waals surface area contributed by atoms with E-state index in [4.69, 9.17) is 35.9 Å². The molecular weight excluding hydrogens is 563 g/mol. The molecule has 0 saturated carbocycles. The fourth-order valence-corrected chi connectivity index (χ4v) is 5.77. The Bertz CT molecular complexity index is 1270. The summed E-state index contributed by atoms with van der Waals surface area (Å²) in [6.07, 6.45) is 2.54. The van der Waals surface area contributed by atoms with Gasteiger partial charge >= 0.3 is 11.9 Å². The molecule has 2 N–H and O–H groups in total. The summed E-state index contributed by atoms with van der Waals surface area (Å²) in [6.45, 7) is 4.78. The summed E-state index contributed by atoms with van der Waals surface area (Å²) in [5.41, 5.74) is 1.26. The van der Waals surface area contributed by atoms with E-state index < -0.39 is 23.8 Å². The van der Waals surface area contributed by atoms with Crippen LogP contribution in [0.5, 0.6) is 0 Å². The normalized spacial score (nSPS) is 22.4. The Morgan fingerprint density at radius 3 is 2.83 bits per heavy atom. The summed E-state index contributed by atoms with van der Waals surface area (Å²) in [7, 11) is 1.29. The number of carboxylic acids is 1. The van der Waals surface area contributed by atoms with Gasteiger partial charge in [-0.05, 0) is 31.9 Å². The van der Waals surface area contributed by atoms with E-state index in [1.807, 2.05) is 19.2 Å². The molecule has 0 aliphatic carbocycles. The predicted octanol–water partition coefficient (Wildman–Crippen LogP) is 3.81. The van der Waals surface area contributed by atoms with Crippen molar-refractivity contribution in [1.29, 1.82) is 0 Å². The Hall–Kier alpha value is -2.90. The fraction of sp³-hybridized carbons (Fsp3) is 0.481. The van der Waals surface area contributed by atoms with E-state index in [-0.39, 0.29) is 35.4 Å². The van der Waals surface area contributed by atoms with Gasteiger partial charge in [0.05, 0.1) is 32.0 Å². The number of nitrogens with zero attached hydrogens (tertiary/aromatic N) is 3. The number of aliphatic imine (C=N–C) groups is 1. The number of aliphatic carboxylic acids is 1. The van der Waals surface area contributed by atoms with E-state index in [1.54, 1.807) is 6.20 Å². The molecule has 1 fully saturated rings. The van der Waals surface area contributed by atoms with E-state index in [1.165, 1.54) is 36.6 Å². The van der Waals surface area contributed by atoms with Crippen molar-refractivity contribution in [3.05, 3.63) is 62.5 Å². The molecule has 4 rings (SSSR count). The van der Waals surface area contributed by atoms with Gasteiger partial charge in [-0.1, -0.05) is 24.6 Å². The second kappa shape index (κ2) is 13.6. The molecule has 3 heterocycles. The highest BCUT2D eigenvalue weighted by Gasteiger charge is 2.37.